The molecule has 0 spiro atoms. The summed E-state index contributed by atoms with van der Waals surface area (Å²) >= 11 is 1.60. The van der Waals surface area contributed by atoms with Crippen LogP contribution in [-0.4, -0.2) is 16.3 Å². The van der Waals surface area contributed by atoms with Crippen molar-refractivity contribution in [3.63, 3.8) is 0 Å². The summed E-state index contributed by atoms with van der Waals surface area (Å²) in [7, 11) is 0. The third-order valence-electron chi connectivity index (χ3n) is 4.05. The van der Waals surface area contributed by atoms with Crippen molar-refractivity contribution in [1.29, 1.82) is 5.26 Å². The summed E-state index contributed by atoms with van der Waals surface area (Å²) in [6.45, 7) is 0. The summed E-state index contributed by atoms with van der Waals surface area (Å²) in [5.74, 6) is 1.18. The van der Waals surface area contributed by atoms with Crippen LogP contribution in [0.2, 0.25) is 0 Å². The van der Waals surface area contributed by atoms with Crippen molar-refractivity contribution in [2.24, 2.45) is 11.7 Å². The Morgan fingerprint density at radius 1 is 1.50 bits per heavy atom. The number of oxazole rings is 1. The van der Waals surface area contributed by atoms with E-state index in [-0.39, 0.29) is 0 Å². The molecule has 0 aliphatic heterocycles. The lowest BCUT2D eigenvalue weighted by Gasteiger charge is -2.23. The van der Waals surface area contributed by atoms with Gasteiger partial charge in [0, 0.05) is 5.75 Å². The molecule has 3 rings (SSSR count). The topological polar surface area (TPSA) is 75.8 Å². The number of fused-ring (bicyclic) bond motifs is 1. The van der Waals surface area contributed by atoms with E-state index in [1.165, 1.54) is 0 Å². The van der Waals surface area contributed by atoms with E-state index >= 15 is 0 Å². The molecule has 1 aromatic carbocycles. The van der Waals surface area contributed by atoms with Crippen molar-refractivity contribution >= 4 is 22.9 Å². The molecule has 104 valence electrons. The quantitative estimate of drug-likeness (QED) is 0.873. The summed E-state index contributed by atoms with van der Waals surface area (Å²) in [4.78, 5) is 4.43. The molecule has 2 unspecified atom stereocenters. The van der Waals surface area contributed by atoms with E-state index in [4.69, 9.17) is 10.2 Å². The fraction of sp³-hybridized carbons (Fsp3) is 0.467. The molecule has 2 N–H and O–H groups in total. The Balaban J connectivity index is 1.59. The van der Waals surface area contributed by atoms with E-state index in [0.29, 0.717) is 11.1 Å². The summed E-state index contributed by atoms with van der Waals surface area (Å²) in [5, 5.41) is 9.89. The SMILES string of the molecule is N#CC1(N)CCCC1CCSc1nc2ccccc2o1. The van der Waals surface area contributed by atoms with Crippen LogP contribution in [-0.2, 0) is 0 Å². The third kappa shape index (κ3) is 2.54. The second-order valence-corrected chi connectivity index (χ2v) is 6.37. The van der Waals surface area contributed by atoms with Gasteiger partial charge in [-0.3, -0.25) is 0 Å². The molecule has 5 heteroatoms. The molecule has 1 aliphatic rings. The van der Waals surface area contributed by atoms with E-state index in [1.807, 2.05) is 24.3 Å². The van der Waals surface area contributed by atoms with Gasteiger partial charge in [-0.2, -0.15) is 5.26 Å². The van der Waals surface area contributed by atoms with Gasteiger partial charge in [-0.05, 0) is 37.3 Å². The number of thioether (sulfide) groups is 1. The molecule has 2 atom stereocenters. The second kappa shape index (κ2) is 5.47. The van der Waals surface area contributed by atoms with E-state index in [9.17, 15) is 5.26 Å². The standard InChI is InChI=1S/C15H17N3OS/c16-10-15(17)8-3-4-11(15)7-9-20-14-18-12-5-1-2-6-13(12)19-14/h1-2,5-6,11H,3-4,7-9,17H2. The number of nitrogens with two attached hydrogens (primary N) is 1. The Bertz CT molecular complexity index is 615. The first-order valence-electron chi connectivity index (χ1n) is 6.90. The fourth-order valence-corrected chi connectivity index (χ4v) is 3.74. The molecule has 0 radical (unpaired) electrons. The predicted octanol–water partition coefficient (Wildman–Crippen LogP) is 3.33. The van der Waals surface area contributed by atoms with Crippen molar-refractivity contribution in [2.75, 3.05) is 5.75 Å². The molecule has 1 aromatic heterocycles. The monoisotopic (exact) mass is 287 g/mol. The molecule has 1 fully saturated rings. The molecule has 2 aromatic rings. The Labute approximate surface area is 122 Å². The zero-order valence-electron chi connectivity index (χ0n) is 11.2. The predicted molar refractivity (Wildman–Crippen MR) is 79.2 cm³/mol. The molecule has 0 amide bonds. The highest BCUT2D eigenvalue weighted by atomic mass is 32.2. The van der Waals surface area contributed by atoms with Crippen LogP contribution < -0.4 is 5.73 Å². The summed E-state index contributed by atoms with van der Waals surface area (Å²) < 4.78 is 5.67. The van der Waals surface area contributed by atoms with Gasteiger partial charge in [0.1, 0.15) is 11.1 Å². The number of nitrogens with zero attached hydrogens (tertiary/aromatic N) is 2. The molecule has 20 heavy (non-hydrogen) atoms. The smallest absolute Gasteiger partial charge is 0.256 e. The lowest BCUT2D eigenvalue weighted by atomic mass is 9.88. The molecule has 1 heterocycles. The maximum atomic E-state index is 9.19. The number of benzene rings is 1. The number of aromatic nitrogens is 1. The molecule has 0 bridgehead atoms. The fourth-order valence-electron chi connectivity index (χ4n) is 2.85. The first-order valence-corrected chi connectivity index (χ1v) is 7.88. The Morgan fingerprint density at radius 3 is 3.15 bits per heavy atom. The zero-order chi connectivity index (χ0) is 14.0. The Kier molecular flexibility index (Phi) is 3.68. The number of nitriles is 1. The zero-order valence-corrected chi connectivity index (χ0v) is 12.0. The van der Waals surface area contributed by atoms with Crippen molar-refractivity contribution in [3.8, 4) is 6.07 Å². The van der Waals surface area contributed by atoms with Crippen LogP contribution >= 0.6 is 11.8 Å². The van der Waals surface area contributed by atoms with Gasteiger partial charge in [-0.15, -0.1) is 0 Å². The molecular formula is C15H17N3OS. The molecule has 4 nitrogen and oxygen atoms in total. The Morgan fingerprint density at radius 2 is 2.35 bits per heavy atom. The lowest BCUT2D eigenvalue weighted by Crippen LogP contribution is -2.41. The molecule has 1 saturated carbocycles. The summed E-state index contributed by atoms with van der Waals surface area (Å²) in [6, 6.07) is 10.0. The Hall–Kier alpha value is -1.51. The highest BCUT2D eigenvalue weighted by molar-refractivity contribution is 7.99. The minimum Gasteiger partial charge on any atom is -0.431 e. The van der Waals surface area contributed by atoms with Crippen LogP contribution in [0.5, 0.6) is 0 Å². The van der Waals surface area contributed by atoms with E-state index in [1.54, 1.807) is 11.8 Å². The maximum absolute atomic E-state index is 9.19. The first kappa shape index (κ1) is 13.5. The number of hydrogen-bond donors (Lipinski definition) is 1. The van der Waals surface area contributed by atoms with E-state index < -0.39 is 5.54 Å². The van der Waals surface area contributed by atoms with Gasteiger partial charge in [0.05, 0.1) is 6.07 Å². The largest absolute Gasteiger partial charge is 0.431 e. The third-order valence-corrected chi connectivity index (χ3v) is 4.91. The van der Waals surface area contributed by atoms with Crippen LogP contribution in [0.1, 0.15) is 25.7 Å². The van der Waals surface area contributed by atoms with Crippen LogP contribution in [0.15, 0.2) is 33.9 Å². The van der Waals surface area contributed by atoms with Crippen molar-refractivity contribution in [2.45, 2.75) is 36.4 Å². The van der Waals surface area contributed by atoms with Crippen LogP contribution in [0, 0.1) is 17.2 Å². The maximum Gasteiger partial charge on any atom is 0.256 e. The van der Waals surface area contributed by atoms with Crippen molar-refractivity contribution in [1.82, 2.24) is 4.98 Å². The number of hydrogen-bond acceptors (Lipinski definition) is 5. The van der Waals surface area contributed by atoms with Gasteiger partial charge in [-0.1, -0.05) is 30.3 Å². The average Bonchev–Trinajstić information content (AvgIpc) is 3.03. The molecule has 0 saturated heterocycles. The summed E-state index contributed by atoms with van der Waals surface area (Å²) in [6.07, 6.45) is 3.87. The van der Waals surface area contributed by atoms with Gasteiger partial charge in [0.15, 0.2) is 5.58 Å². The molecular weight excluding hydrogens is 270 g/mol. The molecule has 1 aliphatic carbocycles. The van der Waals surface area contributed by atoms with Crippen molar-refractivity contribution < 1.29 is 4.42 Å². The minimum absolute atomic E-state index is 0.296. The van der Waals surface area contributed by atoms with E-state index in [2.05, 4.69) is 11.1 Å². The number of rotatable bonds is 4. The van der Waals surface area contributed by atoms with Crippen LogP contribution in [0.3, 0.4) is 0 Å². The van der Waals surface area contributed by atoms with Gasteiger partial charge in [0.25, 0.3) is 5.22 Å². The first-order chi connectivity index (χ1) is 9.71. The van der Waals surface area contributed by atoms with E-state index in [0.717, 1.165) is 42.5 Å². The normalized spacial score (nSPS) is 25.9. The van der Waals surface area contributed by atoms with Gasteiger partial charge in [0.2, 0.25) is 0 Å². The van der Waals surface area contributed by atoms with Gasteiger partial charge >= 0.3 is 0 Å². The lowest BCUT2D eigenvalue weighted by molar-refractivity contribution is 0.388. The van der Waals surface area contributed by atoms with Crippen LogP contribution in [0.25, 0.3) is 11.1 Å². The van der Waals surface area contributed by atoms with Crippen LogP contribution in [0.4, 0.5) is 0 Å². The average molecular weight is 287 g/mol. The minimum atomic E-state index is -0.623. The van der Waals surface area contributed by atoms with Gasteiger partial charge < -0.3 is 10.2 Å². The summed E-state index contributed by atoms with van der Waals surface area (Å²) in [5.41, 5.74) is 7.22. The second-order valence-electron chi connectivity index (χ2n) is 5.33. The van der Waals surface area contributed by atoms with Gasteiger partial charge in [-0.25, -0.2) is 4.98 Å². The van der Waals surface area contributed by atoms with Crippen molar-refractivity contribution in [3.05, 3.63) is 24.3 Å². The highest BCUT2D eigenvalue weighted by Crippen LogP contribution is 2.37. The number of para-hydroxylation sites is 2. The highest BCUT2D eigenvalue weighted by Gasteiger charge is 2.39.